The molecule has 4 N–H and O–H groups in total. The van der Waals surface area contributed by atoms with Gasteiger partial charge in [-0.25, -0.2) is 0 Å². The maximum absolute atomic E-state index is 6.00. The van der Waals surface area contributed by atoms with Crippen molar-refractivity contribution in [1.29, 1.82) is 0 Å². The number of rotatable bonds is 13. The lowest BCUT2D eigenvalue weighted by Gasteiger charge is -2.32. The Bertz CT molecular complexity index is 286. The molecule has 0 radical (unpaired) electrons. The van der Waals surface area contributed by atoms with Gasteiger partial charge < -0.3 is 38.0 Å². The zero-order valence-corrected chi connectivity index (χ0v) is 19.3. The summed E-state index contributed by atoms with van der Waals surface area (Å²) in [6.07, 6.45) is 1.61. The Morgan fingerprint density at radius 3 is 1.04 bits per heavy atom. The maximum atomic E-state index is 6.00. The third-order valence-corrected chi connectivity index (χ3v) is 10.1. The van der Waals surface area contributed by atoms with Crippen molar-refractivity contribution in [3.8, 4) is 0 Å². The Morgan fingerprint density at radius 2 is 0.880 bits per heavy atom. The predicted octanol–water partition coefficient (Wildman–Crippen LogP) is 1.45. The van der Waals surface area contributed by atoms with Gasteiger partial charge in [0.05, 0.1) is 11.3 Å². The van der Waals surface area contributed by atoms with Crippen molar-refractivity contribution in [2.75, 3.05) is 41.2 Å². The Morgan fingerprint density at radius 1 is 0.600 bits per heavy atom. The molecule has 0 aliphatic rings. The lowest BCUT2D eigenvalue weighted by Crippen LogP contribution is -2.60. The lowest BCUT2D eigenvalue weighted by atomic mass is 10.5. The summed E-state index contributed by atoms with van der Waals surface area (Å²) in [5.74, 6) is 0. The second kappa shape index (κ2) is 15.2. The first-order valence-corrected chi connectivity index (χ1v) is 12.5. The van der Waals surface area contributed by atoms with Gasteiger partial charge in [0.25, 0.3) is 0 Å². The lowest BCUT2D eigenvalue weighted by molar-refractivity contribution is 0.0618. The van der Waals surface area contributed by atoms with Gasteiger partial charge in [0.1, 0.15) is 0 Å². The molecule has 0 spiro atoms. The Hall–Kier alpha value is 0.114. The molecule has 0 bridgehead atoms. The van der Waals surface area contributed by atoms with Gasteiger partial charge in [-0.1, -0.05) is 13.8 Å². The summed E-state index contributed by atoms with van der Waals surface area (Å²) in [5.41, 5.74) is 11.5. The normalized spacial score (nSPS) is 14.6. The van der Waals surface area contributed by atoms with E-state index in [1.807, 2.05) is 34.6 Å². The average Bonchev–Trinajstić information content (AvgIpc) is 2.63. The summed E-state index contributed by atoms with van der Waals surface area (Å²) in [6, 6.07) is 0. The molecule has 0 aromatic carbocycles. The summed E-state index contributed by atoms with van der Waals surface area (Å²) in [6.45, 7) is 11.5. The smallest absolute Gasteiger partial charge is 0.376 e. The Balaban J connectivity index is 0. The molecular weight excluding hydrogens is 360 g/mol. The van der Waals surface area contributed by atoms with E-state index >= 15 is 0 Å². The first-order chi connectivity index (χ1) is 11.8. The Kier molecular flexibility index (Phi) is 16.6. The molecule has 2 unspecified atom stereocenters. The van der Waals surface area contributed by atoms with Crippen LogP contribution < -0.4 is 11.5 Å². The van der Waals surface area contributed by atoms with Crippen LogP contribution in [0.4, 0.5) is 0 Å². The van der Waals surface area contributed by atoms with Gasteiger partial charge in [0.2, 0.25) is 0 Å². The number of hydrogen-bond donors (Lipinski definition) is 2. The van der Waals surface area contributed by atoms with Gasteiger partial charge in [-0.3, -0.25) is 0 Å². The van der Waals surface area contributed by atoms with Crippen molar-refractivity contribution in [2.45, 2.75) is 58.8 Å². The average molecular weight is 401 g/mol. The molecule has 8 nitrogen and oxygen atoms in total. The van der Waals surface area contributed by atoms with Gasteiger partial charge >= 0.3 is 17.6 Å². The van der Waals surface area contributed by atoms with Crippen LogP contribution in [-0.2, 0) is 26.6 Å². The molecule has 25 heavy (non-hydrogen) atoms. The van der Waals surface area contributed by atoms with Crippen molar-refractivity contribution in [3.05, 3.63) is 0 Å². The summed E-state index contributed by atoms with van der Waals surface area (Å²) in [5, 5.41) is 0. The largest absolute Gasteiger partial charge is 0.518 e. The second-order valence-electron chi connectivity index (χ2n) is 5.15. The summed E-state index contributed by atoms with van der Waals surface area (Å²) < 4.78 is 32.4. The number of nitrogens with two attached hydrogens (primary N) is 2. The monoisotopic (exact) mass is 400 g/mol. The number of hydrogen-bond acceptors (Lipinski definition) is 8. The molecule has 0 aliphatic heterocycles. The van der Waals surface area contributed by atoms with Crippen LogP contribution in [0.5, 0.6) is 0 Å². The van der Waals surface area contributed by atoms with Crippen LogP contribution in [0.25, 0.3) is 0 Å². The molecule has 0 rings (SSSR count). The van der Waals surface area contributed by atoms with E-state index in [0.29, 0.717) is 19.8 Å². The SMILES string of the molecule is CCC(N)[Si](OC)(OC)OC.CCO[Si](OCC)(OCC)C(N)CC. The molecule has 0 saturated carbocycles. The molecule has 0 amide bonds. The van der Waals surface area contributed by atoms with E-state index in [9.17, 15) is 0 Å². The molecule has 0 saturated heterocycles. The summed E-state index contributed by atoms with van der Waals surface area (Å²) in [7, 11) is -0.471. The van der Waals surface area contributed by atoms with Crippen molar-refractivity contribution in [3.63, 3.8) is 0 Å². The highest BCUT2D eigenvalue weighted by molar-refractivity contribution is 6.62. The third-order valence-electron chi connectivity index (χ3n) is 3.68. The predicted molar refractivity (Wildman–Crippen MR) is 104 cm³/mol. The summed E-state index contributed by atoms with van der Waals surface area (Å²) >= 11 is 0. The summed E-state index contributed by atoms with van der Waals surface area (Å²) in [4.78, 5) is 0. The first-order valence-electron chi connectivity index (χ1n) is 8.91. The van der Waals surface area contributed by atoms with Gasteiger partial charge in [-0.2, -0.15) is 0 Å². The molecule has 0 aromatic rings. The van der Waals surface area contributed by atoms with Gasteiger partial charge in [-0.05, 0) is 33.6 Å². The van der Waals surface area contributed by atoms with Crippen molar-refractivity contribution < 1.29 is 26.6 Å². The maximum Gasteiger partial charge on any atom is 0.518 e. The quantitative estimate of drug-likeness (QED) is 0.447. The van der Waals surface area contributed by atoms with Crippen LogP contribution in [0, 0.1) is 0 Å². The molecule has 0 fully saturated rings. The third kappa shape index (κ3) is 8.56. The molecule has 2 atom stereocenters. The molecule has 0 aromatic heterocycles. The van der Waals surface area contributed by atoms with Crippen LogP contribution in [0.1, 0.15) is 47.5 Å². The molecular formula is C15H40N2O6Si2. The minimum absolute atomic E-state index is 0.123. The zero-order valence-electron chi connectivity index (χ0n) is 17.3. The van der Waals surface area contributed by atoms with Crippen molar-refractivity contribution >= 4 is 17.6 Å². The fourth-order valence-corrected chi connectivity index (χ4v) is 6.76. The van der Waals surface area contributed by atoms with E-state index in [1.54, 1.807) is 21.3 Å². The first kappa shape index (κ1) is 27.3. The van der Waals surface area contributed by atoms with Crippen LogP contribution in [0.2, 0.25) is 0 Å². The van der Waals surface area contributed by atoms with Gasteiger partial charge in [0.15, 0.2) is 0 Å². The highest BCUT2D eigenvalue weighted by Crippen LogP contribution is 2.15. The minimum atomic E-state index is -2.62. The van der Waals surface area contributed by atoms with Crippen LogP contribution in [-0.4, -0.2) is 70.1 Å². The van der Waals surface area contributed by atoms with Crippen molar-refractivity contribution in [2.24, 2.45) is 11.5 Å². The van der Waals surface area contributed by atoms with Crippen molar-refractivity contribution in [1.82, 2.24) is 0 Å². The molecule has 0 aliphatic carbocycles. The van der Waals surface area contributed by atoms with E-state index < -0.39 is 17.6 Å². The molecule has 154 valence electrons. The van der Waals surface area contributed by atoms with Gasteiger partial charge in [0, 0.05) is 41.2 Å². The molecule has 10 heteroatoms. The topological polar surface area (TPSA) is 107 Å². The Labute approximate surface area is 156 Å². The van der Waals surface area contributed by atoms with Crippen LogP contribution >= 0.6 is 0 Å². The fraction of sp³-hybridized carbons (Fsp3) is 1.00. The zero-order chi connectivity index (χ0) is 19.9. The standard InChI is InChI=1S/C9H23NO3Si.C6H17NO3Si/c1-5-9(10)14(11-6-2,12-7-3)13-8-4;1-5-6(7)11(8-2,9-3)10-4/h9H,5-8,10H2,1-4H3;6H,5,7H2,1-4H3. The van der Waals surface area contributed by atoms with Crippen LogP contribution in [0.3, 0.4) is 0 Å². The van der Waals surface area contributed by atoms with E-state index in [4.69, 9.17) is 38.0 Å². The molecule has 0 heterocycles. The highest BCUT2D eigenvalue weighted by Gasteiger charge is 2.46. The van der Waals surface area contributed by atoms with E-state index in [1.165, 1.54) is 0 Å². The van der Waals surface area contributed by atoms with E-state index in [2.05, 4.69) is 0 Å². The van der Waals surface area contributed by atoms with Crippen LogP contribution in [0.15, 0.2) is 0 Å². The minimum Gasteiger partial charge on any atom is -0.376 e. The van der Waals surface area contributed by atoms with E-state index in [0.717, 1.165) is 12.8 Å². The van der Waals surface area contributed by atoms with Gasteiger partial charge in [-0.15, -0.1) is 0 Å². The highest BCUT2D eigenvalue weighted by atomic mass is 28.4. The fourth-order valence-electron chi connectivity index (χ4n) is 2.25. The second-order valence-corrected chi connectivity index (χ2v) is 11.1. The van der Waals surface area contributed by atoms with E-state index in [-0.39, 0.29) is 11.3 Å².